The second-order valence-electron chi connectivity index (χ2n) is 6.17. The van der Waals surface area contributed by atoms with Crippen molar-refractivity contribution >= 4 is 12.0 Å². The third kappa shape index (κ3) is 4.36. The standard InChI is InChI=1S/C20H23N3O4/c1-3-27-20(25)23-10-8-22(9-11-23)19(24)16-6-4-15(5-7-16)17-12-18(26-2)14-21-13-17/h4-7,12-14H,3,8-11H2,1-2H3. The van der Waals surface area contributed by atoms with E-state index >= 15 is 0 Å². The number of ether oxygens (including phenoxy) is 2. The van der Waals surface area contributed by atoms with Crippen LogP contribution in [0.1, 0.15) is 17.3 Å². The molecule has 1 saturated heterocycles. The summed E-state index contributed by atoms with van der Waals surface area (Å²) in [6.07, 6.45) is 3.09. The van der Waals surface area contributed by atoms with Gasteiger partial charge in [0, 0.05) is 43.5 Å². The van der Waals surface area contributed by atoms with Gasteiger partial charge in [0.1, 0.15) is 5.75 Å². The van der Waals surface area contributed by atoms with E-state index in [1.54, 1.807) is 36.2 Å². The predicted molar refractivity (Wildman–Crippen MR) is 101 cm³/mol. The Balaban J connectivity index is 1.63. The fourth-order valence-corrected chi connectivity index (χ4v) is 2.98. The van der Waals surface area contributed by atoms with Gasteiger partial charge in [-0.1, -0.05) is 12.1 Å². The Morgan fingerprint density at radius 2 is 1.67 bits per heavy atom. The Bertz CT molecular complexity index is 799. The summed E-state index contributed by atoms with van der Waals surface area (Å²) in [5, 5.41) is 0. The highest BCUT2D eigenvalue weighted by atomic mass is 16.6. The summed E-state index contributed by atoms with van der Waals surface area (Å²) in [6, 6.07) is 9.33. The van der Waals surface area contributed by atoms with Crippen LogP contribution in [0.2, 0.25) is 0 Å². The summed E-state index contributed by atoms with van der Waals surface area (Å²) >= 11 is 0. The van der Waals surface area contributed by atoms with Gasteiger partial charge in [-0.15, -0.1) is 0 Å². The highest BCUT2D eigenvalue weighted by Crippen LogP contribution is 2.23. The fourth-order valence-electron chi connectivity index (χ4n) is 2.98. The van der Waals surface area contributed by atoms with Crippen molar-refractivity contribution in [2.24, 2.45) is 0 Å². The number of hydrogen-bond donors (Lipinski definition) is 0. The van der Waals surface area contributed by atoms with Gasteiger partial charge in [0.25, 0.3) is 5.91 Å². The van der Waals surface area contributed by atoms with Crippen LogP contribution in [0.25, 0.3) is 11.1 Å². The molecule has 1 aromatic heterocycles. The molecule has 0 spiro atoms. The number of amides is 2. The smallest absolute Gasteiger partial charge is 0.409 e. The first kappa shape index (κ1) is 18.7. The summed E-state index contributed by atoms with van der Waals surface area (Å²) in [6.45, 7) is 4.10. The minimum absolute atomic E-state index is 0.0335. The number of methoxy groups -OCH3 is 1. The summed E-state index contributed by atoms with van der Waals surface area (Å²) in [4.78, 5) is 32.0. The Morgan fingerprint density at radius 3 is 2.30 bits per heavy atom. The van der Waals surface area contributed by atoms with Crippen LogP contribution in [0.15, 0.2) is 42.7 Å². The summed E-state index contributed by atoms with van der Waals surface area (Å²) in [7, 11) is 1.60. The van der Waals surface area contributed by atoms with Crippen LogP contribution < -0.4 is 4.74 Å². The molecule has 0 aliphatic carbocycles. The van der Waals surface area contributed by atoms with E-state index in [0.717, 1.165) is 11.1 Å². The van der Waals surface area contributed by atoms with Crippen molar-refractivity contribution in [2.45, 2.75) is 6.92 Å². The van der Waals surface area contributed by atoms with Gasteiger partial charge in [0.05, 0.1) is 19.9 Å². The fraction of sp³-hybridized carbons (Fsp3) is 0.350. The van der Waals surface area contributed by atoms with Crippen molar-refractivity contribution in [3.05, 3.63) is 48.3 Å². The maximum absolute atomic E-state index is 12.7. The number of piperazine rings is 1. The Hall–Kier alpha value is -3.09. The maximum atomic E-state index is 12.7. The minimum Gasteiger partial charge on any atom is -0.495 e. The Morgan fingerprint density at radius 1 is 1.00 bits per heavy atom. The molecule has 1 aliphatic heterocycles. The van der Waals surface area contributed by atoms with Crippen molar-refractivity contribution < 1.29 is 19.1 Å². The van der Waals surface area contributed by atoms with Crippen LogP contribution in [0.5, 0.6) is 5.75 Å². The maximum Gasteiger partial charge on any atom is 0.409 e. The van der Waals surface area contributed by atoms with Gasteiger partial charge in [0.15, 0.2) is 0 Å². The Kier molecular flexibility index (Phi) is 5.90. The van der Waals surface area contributed by atoms with Gasteiger partial charge in [-0.05, 0) is 30.7 Å². The lowest BCUT2D eigenvalue weighted by Gasteiger charge is -2.34. The first-order valence-corrected chi connectivity index (χ1v) is 8.93. The van der Waals surface area contributed by atoms with E-state index in [-0.39, 0.29) is 12.0 Å². The third-order valence-corrected chi connectivity index (χ3v) is 4.51. The lowest BCUT2D eigenvalue weighted by Crippen LogP contribution is -2.50. The van der Waals surface area contributed by atoms with E-state index in [1.165, 1.54) is 0 Å². The number of hydrogen-bond acceptors (Lipinski definition) is 5. The number of rotatable bonds is 4. The van der Waals surface area contributed by atoms with Gasteiger partial charge in [-0.2, -0.15) is 0 Å². The minimum atomic E-state index is -0.319. The van der Waals surface area contributed by atoms with Crippen LogP contribution in [-0.2, 0) is 4.74 Å². The molecule has 7 heteroatoms. The van der Waals surface area contributed by atoms with E-state index in [0.29, 0.717) is 44.1 Å². The molecular weight excluding hydrogens is 346 g/mol. The normalized spacial score (nSPS) is 14.0. The average Bonchev–Trinajstić information content (AvgIpc) is 2.73. The molecule has 1 aromatic carbocycles. The molecule has 7 nitrogen and oxygen atoms in total. The predicted octanol–water partition coefficient (Wildman–Crippen LogP) is 2.67. The molecule has 2 heterocycles. The highest BCUT2D eigenvalue weighted by Gasteiger charge is 2.25. The topological polar surface area (TPSA) is 72.0 Å². The van der Waals surface area contributed by atoms with Crippen LogP contribution in [0.3, 0.4) is 0 Å². The van der Waals surface area contributed by atoms with Crippen molar-refractivity contribution in [1.29, 1.82) is 0 Å². The number of nitrogens with zero attached hydrogens (tertiary/aromatic N) is 3. The number of benzene rings is 1. The van der Waals surface area contributed by atoms with Crippen molar-refractivity contribution in [2.75, 3.05) is 39.9 Å². The molecule has 27 heavy (non-hydrogen) atoms. The first-order valence-electron chi connectivity index (χ1n) is 8.93. The molecule has 0 unspecified atom stereocenters. The SMILES string of the molecule is CCOC(=O)N1CCN(C(=O)c2ccc(-c3cncc(OC)c3)cc2)CC1. The molecule has 0 radical (unpaired) electrons. The largest absolute Gasteiger partial charge is 0.495 e. The molecule has 0 atom stereocenters. The molecule has 1 aliphatic rings. The van der Waals surface area contributed by atoms with E-state index in [9.17, 15) is 9.59 Å². The van der Waals surface area contributed by atoms with E-state index in [1.807, 2.05) is 30.3 Å². The summed E-state index contributed by atoms with van der Waals surface area (Å²) < 4.78 is 10.2. The molecule has 0 N–H and O–H groups in total. The average molecular weight is 369 g/mol. The van der Waals surface area contributed by atoms with Crippen LogP contribution in [-0.4, -0.2) is 66.7 Å². The number of pyridine rings is 1. The lowest BCUT2D eigenvalue weighted by atomic mass is 10.0. The lowest BCUT2D eigenvalue weighted by molar-refractivity contribution is 0.0570. The number of carbonyl (C=O) groups is 2. The molecule has 2 aromatic rings. The molecule has 1 fully saturated rings. The van der Waals surface area contributed by atoms with Gasteiger partial charge < -0.3 is 19.3 Å². The highest BCUT2D eigenvalue weighted by molar-refractivity contribution is 5.95. The zero-order valence-electron chi connectivity index (χ0n) is 15.6. The van der Waals surface area contributed by atoms with E-state index < -0.39 is 0 Å². The molecule has 0 bridgehead atoms. The van der Waals surface area contributed by atoms with Gasteiger partial charge in [-0.3, -0.25) is 9.78 Å². The molecule has 2 amide bonds. The van der Waals surface area contributed by atoms with Crippen molar-refractivity contribution in [3.8, 4) is 16.9 Å². The summed E-state index contributed by atoms with van der Waals surface area (Å²) in [5.74, 6) is 0.654. The molecular formula is C20H23N3O4. The first-order chi connectivity index (χ1) is 13.1. The van der Waals surface area contributed by atoms with Gasteiger partial charge in [0.2, 0.25) is 0 Å². The van der Waals surface area contributed by atoms with E-state index in [4.69, 9.17) is 9.47 Å². The number of carbonyl (C=O) groups excluding carboxylic acids is 2. The zero-order valence-corrected chi connectivity index (χ0v) is 15.6. The van der Waals surface area contributed by atoms with Crippen LogP contribution >= 0.6 is 0 Å². The van der Waals surface area contributed by atoms with E-state index in [2.05, 4.69) is 4.98 Å². The quantitative estimate of drug-likeness (QED) is 0.829. The van der Waals surface area contributed by atoms with Crippen LogP contribution in [0, 0.1) is 0 Å². The van der Waals surface area contributed by atoms with Crippen molar-refractivity contribution in [3.63, 3.8) is 0 Å². The zero-order chi connectivity index (χ0) is 19.2. The molecule has 3 rings (SSSR count). The molecule has 0 saturated carbocycles. The van der Waals surface area contributed by atoms with Gasteiger partial charge in [-0.25, -0.2) is 4.79 Å². The molecule has 142 valence electrons. The van der Waals surface area contributed by atoms with Gasteiger partial charge >= 0.3 is 6.09 Å². The monoisotopic (exact) mass is 369 g/mol. The van der Waals surface area contributed by atoms with Crippen LogP contribution in [0.4, 0.5) is 4.79 Å². The second kappa shape index (κ2) is 8.53. The third-order valence-electron chi connectivity index (χ3n) is 4.51. The Labute approximate surface area is 158 Å². The van der Waals surface area contributed by atoms with Crippen molar-refractivity contribution in [1.82, 2.24) is 14.8 Å². The second-order valence-corrected chi connectivity index (χ2v) is 6.17. The summed E-state index contributed by atoms with van der Waals surface area (Å²) in [5.41, 5.74) is 2.51. The number of aromatic nitrogens is 1.